The Bertz CT molecular complexity index is 800. The topological polar surface area (TPSA) is 166 Å². The van der Waals surface area contributed by atoms with E-state index in [2.05, 4.69) is 42.8 Å². The molecular formula is C26H45N5O7. The van der Waals surface area contributed by atoms with Crippen molar-refractivity contribution >= 4 is 23.9 Å². The van der Waals surface area contributed by atoms with E-state index < -0.39 is 17.8 Å². The number of nitrogens with zero attached hydrogens (tertiary/aromatic N) is 3. The fourth-order valence-corrected chi connectivity index (χ4v) is 3.36. The number of amides is 3. The van der Waals surface area contributed by atoms with Gasteiger partial charge in [0.2, 0.25) is 5.91 Å². The minimum Gasteiger partial charge on any atom is -0.494 e. The van der Waals surface area contributed by atoms with Crippen LogP contribution in [0.1, 0.15) is 50.9 Å². The molecule has 0 bridgehead atoms. The molecule has 0 atom stereocenters. The van der Waals surface area contributed by atoms with Crippen molar-refractivity contribution in [3.63, 3.8) is 0 Å². The number of primary amides is 1. The molecule has 0 radical (unpaired) electrons. The first kappa shape index (κ1) is 34.6. The maximum atomic E-state index is 12.8. The average Bonchev–Trinajstić information content (AvgIpc) is 2.90. The number of unbranched alkanes of at least 4 members (excludes halogenated alkanes) is 1. The normalized spacial score (nSPS) is 10.5. The van der Waals surface area contributed by atoms with Gasteiger partial charge in [0.25, 0.3) is 0 Å². The zero-order valence-electron chi connectivity index (χ0n) is 23.1. The van der Waals surface area contributed by atoms with E-state index in [9.17, 15) is 9.59 Å². The van der Waals surface area contributed by atoms with Gasteiger partial charge >= 0.3 is 18.0 Å². The molecule has 0 saturated heterocycles. The van der Waals surface area contributed by atoms with Crippen LogP contribution in [0, 0.1) is 0 Å². The van der Waals surface area contributed by atoms with Crippen LogP contribution in [0.15, 0.2) is 24.3 Å². The third-order valence-electron chi connectivity index (χ3n) is 5.89. The number of urea groups is 1. The summed E-state index contributed by atoms with van der Waals surface area (Å²) in [6.07, 6.45) is 1.67. The van der Waals surface area contributed by atoms with Crippen molar-refractivity contribution in [1.29, 1.82) is 0 Å². The van der Waals surface area contributed by atoms with Crippen LogP contribution in [0.3, 0.4) is 0 Å². The maximum absolute atomic E-state index is 12.8. The van der Waals surface area contributed by atoms with Crippen molar-refractivity contribution in [2.75, 3.05) is 65.5 Å². The lowest BCUT2D eigenvalue weighted by Crippen LogP contribution is -2.47. The first-order valence-corrected chi connectivity index (χ1v) is 13.1. The first-order valence-electron chi connectivity index (χ1n) is 13.1. The highest BCUT2D eigenvalue weighted by molar-refractivity contribution is 6.27. The summed E-state index contributed by atoms with van der Waals surface area (Å²) in [5.74, 6) is -3.39. The zero-order chi connectivity index (χ0) is 28.9. The van der Waals surface area contributed by atoms with E-state index in [4.69, 9.17) is 30.3 Å². The molecular weight excluding hydrogens is 494 g/mol. The number of ether oxygens (including phenoxy) is 1. The Morgan fingerprint density at radius 1 is 0.789 bits per heavy atom. The van der Waals surface area contributed by atoms with Crippen LogP contribution in [0.25, 0.3) is 0 Å². The Kier molecular flexibility index (Phi) is 18.8. The molecule has 12 nitrogen and oxygen atoms in total. The van der Waals surface area contributed by atoms with E-state index in [1.807, 2.05) is 4.90 Å². The molecule has 1 rings (SSSR count). The number of nitrogens with two attached hydrogens (primary N) is 1. The van der Waals surface area contributed by atoms with Crippen LogP contribution < -0.4 is 15.8 Å². The summed E-state index contributed by atoms with van der Waals surface area (Å²) in [5.41, 5.74) is 5.70. The molecule has 216 valence electrons. The summed E-state index contributed by atoms with van der Waals surface area (Å²) in [5, 5.41) is 17.8. The Balaban J connectivity index is 0.00000203. The van der Waals surface area contributed by atoms with Gasteiger partial charge in [0.05, 0.1) is 6.61 Å². The molecule has 0 heterocycles. The highest BCUT2D eigenvalue weighted by Crippen LogP contribution is 2.12. The predicted octanol–water partition coefficient (Wildman–Crippen LogP) is 1.80. The Hall–Kier alpha value is -3.38. The third-order valence-corrected chi connectivity index (χ3v) is 5.89. The molecule has 1 aromatic carbocycles. The standard InChI is InChI=1S/C24H43N5O3.C2H2O4/c1-5-27(6-2)16-18-29(19-17-28(7-3)8-4)24(31)26-15-9-10-20-32-22-13-11-21(12-14-22)23(25)30;3-1(4)2(5)6/h11-14H,5-10,15-20H2,1-4H3,(H2,25,30)(H,26,31);(H,3,4)(H,5,6). The molecule has 38 heavy (non-hydrogen) atoms. The molecule has 0 fully saturated rings. The molecule has 5 N–H and O–H groups in total. The van der Waals surface area contributed by atoms with Crippen LogP contribution in [0.4, 0.5) is 4.79 Å². The fraction of sp³-hybridized carbons (Fsp3) is 0.615. The van der Waals surface area contributed by atoms with Gasteiger partial charge < -0.3 is 40.7 Å². The van der Waals surface area contributed by atoms with Crippen molar-refractivity contribution in [1.82, 2.24) is 20.0 Å². The number of carboxylic acids is 2. The smallest absolute Gasteiger partial charge is 0.414 e. The largest absolute Gasteiger partial charge is 0.494 e. The molecule has 12 heteroatoms. The number of hydrogen-bond acceptors (Lipinski definition) is 7. The number of nitrogens with one attached hydrogen (secondary N) is 1. The van der Waals surface area contributed by atoms with Gasteiger partial charge in [0, 0.05) is 38.3 Å². The highest BCUT2D eigenvalue weighted by atomic mass is 16.5. The Labute approximate surface area is 225 Å². The van der Waals surface area contributed by atoms with Gasteiger partial charge in [0.15, 0.2) is 0 Å². The van der Waals surface area contributed by atoms with Gasteiger partial charge in [-0.15, -0.1) is 0 Å². The second kappa shape index (κ2) is 20.7. The van der Waals surface area contributed by atoms with Gasteiger partial charge in [-0.05, 0) is 63.3 Å². The summed E-state index contributed by atoms with van der Waals surface area (Å²) in [6.45, 7) is 17.0. The number of carbonyl (C=O) groups is 4. The number of likely N-dealkylation sites (N-methyl/N-ethyl adjacent to an activating group) is 2. The third kappa shape index (κ3) is 15.7. The summed E-state index contributed by atoms with van der Waals surface area (Å²) in [7, 11) is 0. The summed E-state index contributed by atoms with van der Waals surface area (Å²) in [4.78, 5) is 48.7. The molecule has 3 amide bonds. The van der Waals surface area contributed by atoms with E-state index in [-0.39, 0.29) is 6.03 Å². The molecule has 0 aliphatic carbocycles. The second-order valence-corrected chi connectivity index (χ2v) is 8.33. The number of carboxylic acid groups (broad SMARTS) is 2. The van der Waals surface area contributed by atoms with Crippen LogP contribution >= 0.6 is 0 Å². The quantitative estimate of drug-likeness (QED) is 0.170. The molecule has 0 spiro atoms. The molecule has 0 aromatic heterocycles. The van der Waals surface area contributed by atoms with E-state index in [1.165, 1.54) is 0 Å². The number of hydrogen-bond donors (Lipinski definition) is 4. The second-order valence-electron chi connectivity index (χ2n) is 8.33. The average molecular weight is 540 g/mol. The molecule has 0 unspecified atom stereocenters. The summed E-state index contributed by atoms with van der Waals surface area (Å²) < 4.78 is 5.69. The SMILES string of the molecule is CCN(CC)CCN(CCN(CC)CC)C(=O)NCCCCOc1ccc(C(N)=O)cc1.O=C(O)C(=O)O. The van der Waals surface area contributed by atoms with E-state index >= 15 is 0 Å². The van der Waals surface area contributed by atoms with Gasteiger partial charge in [0.1, 0.15) is 5.75 Å². The van der Waals surface area contributed by atoms with E-state index in [1.54, 1.807) is 24.3 Å². The van der Waals surface area contributed by atoms with Gasteiger partial charge in [-0.1, -0.05) is 27.7 Å². The van der Waals surface area contributed by atoms with Crippen molar-refractivity contribution in [3.8, 4) is 5.75 Å². The van der Waals surface area contributed by atoms with Crippen molar-refractivity contribution in [2.45, 2.75) is 40.5 Å². The maximum Gasteiger partial charge on any atom is 0.414 e. The molecule has 1 aromatic rings. The van der Waals surface area contributed by atoms with Gasteiger partial charge in [-0.3, -0.25) is 4.79 Å². The predicted molar refractivity (Wildman–Crippen MR) is 146 cm³/mol. The summed E-state index contributed by atoms with van der Waals surface area (Å²) >= 11 is 0. The number of carbonyl (C=O) groups excluding carboxylic acids is 2. The minimum atomic E-state index is -1.82. The van der Waals surface area contributed by atoms with E-state index in [0.29, 0.717) is 24.5 Å². The van der Waals surface area contributed by atoms with Crippen LogP contribution in [0.5, 0.6) is 5.75 Å². The van der Waals surface area contributed by atoms with E-state index in [0.717, 1.165) is 65.2 Å². The lowest BCUT2D eigenvalue weighted by Gasteiger charge is -2.29. The minimum absolute atomic E-state index is 0.00673. The van der Waals surface area contributed by atoms with Crippen molar-refractivity contribution in [2.24, 2.45) is 5.73 Å². The van der Waals surface area contributed by atoms with Crippen molar-refractivity contribution < 1.29 is 34.1 Å². The fourth-order valence-electron chi connectivity index (χ4n) is 3.36. The lowest BCUT2D eigenvalue weighted by molar-refractivity contribution is -0.159. The van der Waals surface area contributed by atoms with Crippen LogP contribution in [-0.4, -0.2) is 114 Å². The first-order chi connectivity index (χ1) is 18.1. The van der Waals surface area contributed by atoms with Gasteiger partial charge in [-0.2, -0.15) is 0 Å². The zero-order valence-corrected chi connectivity index (χ0v) is 23.1. The summed E-state index contributed by atoms with van der Waals surface area (Å²) in [6, 6.07) is 6.80. The molecule has 0 aliphatic heterocycles. The monoisotopic (exact) mass is 539 g/mol. The number of rotatable bonds is 17. The lowest BCUT2D eigenvalue weighted by atomic mass is 10.2. The highest BCUT2D eigenvalue weighted by Gasteiger charge is 2.15. The Morgan fingerprint density at radius 2 is 1.26 bits per heavy atom. The van der Waals surface area contributed by atoms with Gasteiger partial charge in [-0.25, -0.2) is 14.4 Å². The molecule has 0 saturated carbocycles. The van der Waals surface area contributed by atoms with Crippen LogP contribution in [0.2, 0.25) is 0 Å². The number of benzene rings is 1. The number of aliphatic carboxylic acids is 2. The molecule has 0 aliphatic rings. The van der Waals surface area contributed by atoms with Crippen molar-refractivity contribution in [3.05, 3.63) is 29.8 Å². The Morgan fingerprint density at radius 3 is 1.66 bits per heavy atom. The van der Waals surface area contributed by atoms with Crippen LogP contribution in [-0.2, 0) is 9.59 Å².